The van der Waals surface area contributed by atoms with E-state index in [4.69, 9.17) is 0 Å². The standard InChI is InChI=1S/C14H17N3O/c1-9-3-4-11-12(7-9)16-14(15-11)10-5-6-17(2)13(18)8-10/h5-6,8-9H,3-4,7H2,1-2H3,(H,15,16). The summed E-state index contributed by atoms with van der Waals surface area (Å²) in [6.07, 6.45) is 5.08. The highest BCUT2D eigenvalue weighted by Gasteiger charge is 2.19. The van der Waals surface area contributed by atoms with Gasteiger partial charge in [-0.3, -0.25) is 4.79 Å². The van der Waals surface area contributed by atoms with Crippen LogP contribution in [0.25, 0.3) is 11.4 Å². The van der Waals surface area contributed by atoms with Crippen molar-refractivity contribution in [1.82, 2.24) is 14.5 Å². The molecule has 0 radical (unpaired) electrons. The predicted molar refractivity (Wildman–Crippen MR) is 70.5 cm³/mol. The van der Waals surface area contributed by atoms with Gasteiger partial charge >= 0.3 is 0 Å². The Morgan fingerprint density at radius 1 is 1.50 bits per heavy atom. The number of aromatic nitrogens is 3. The molecule has 1 aliphatic carbocycles. The van der Waals surface area contributed by atoms with Crippen LogP contribution in [0.3, 0.4) is 0 Å². The van der Waals surface area contributed by atoms with Crippen LogP contribution in [0.1, 0.15) is 24.7 Å². The van der Waals surface area contributed by atoms with Gasteiger partial charge in [0.05, 0.1) is 5.69 Å². The Kier molecular flexibility index (Phi) is 2.58. The zero-order valence-corrected chi connectivity index (χ0v) is 10.7. The van der Waals surface area contributed by atoms with Crippen molar-refractivity contribution in [3.05, 3.63) is 40.1 Å². The lowest BCUT2D eigenvalue weighted by Gasteiger charge is -2.15. The second-order valence-corrected chi connectivity index (χ2v) is 5.22. The number of nitrogens with zero attached hydrogens (tertiary/aromatic N) is 2. The summed E-state index contributed by atoms with van der Waals surface area (Å²) in [7, 11) is 1.75. The number of pyridine rings is 1. The third kappa shape index (κ3) is 1.88. The fourth-order valence-electron chi connectivity index (χ4n) is 2.49. The molecular weight excluding hydrogens is 226 g/mol. The van der Waals surface area contributed by atoms with E-state index in [1.807, 2.05) is 6.07 Å². The van der Waals surface area contributed by atoms with Gasteiger partial charge in [0.2, 0.25) is 0 Å². The second kappa shape index (κ2) is 4.12. The Labute approximate surface area is 106 Å². The van der Waals surface area contributed by atoms with E-state index >= 15 is 0 Å². The normalized spacial score (nSPS) is 18.7. The molecule has 0 spiro atoms. The summed E-state index contributed by atoms with van der Waals surface area (Å²) in [6, 6.07) is 3.56. The van der Waals surface area contributed by atoms with Gasteiger partial charge in [0.15, 0.2) is 0 Å². The fourth-order valence-corrected chi connectivity index (χ4v) is 2.49. The topological polar surface area (TPSA) is 50.7 Å². The minimum atomic E-state index is -0.00441. The number of H-pyrrole nitrogens is 1. The molecule has 18 heavy (non-hydrogen) atoms. The van der Waals surface area contributed by atoms with Crippen molar-refractivity contribution in [3.63, 3.8) is 0 Å². The first-order chi connectivity index (χ1) is 8.63. The lowest BCUT2D eigenvalue weighted by Crippen LogP contribution is -2.14. The molecule has 2 aromatic heterocycles. The summed E-state index contributed by atoms with van der Waals surface area (Å²) < 4.78 is 1.56. The molecule has 1 N–H and O–H groups in total. The van der Waals surface area contributed by atoms with Crippen LogP contribution in [0.15, 0.2) is 23.1 Å². The minimum Gasteiger partial charge on any atom is -0.342 e. The Morgan fingerprint density at radius 3 is 3.11 bits per heavy atom. The maximum absolute atomic E-state index is 11.6. The molecule has 94 valence electrons. The molecule has 1 unspecified atom stereocenters. The van der Waals surface area contributed by atoms with Crippen LogP contribution in [0.5, 0.6) is 0 Å². The fraction of sp³-hybridized carbons (Fsp3) is 0.429. The number of aryl methyl sites for hydroxylation is 2. The lowest BCUT2D eigenvalue weighted by atomic mass is 9.92. The van der Waals surface area contributed by atoms with Gasteiger partial charge in [-0.05, 0) is 31.2 Å². The van der Waals surface area contributed by atoms with E-state index in [0.717, 1.165) is 30.1 Å². The van der Waals surface area contributed by atoms with Crippen molar-refractivity contribution in [1.29, 1.82) is 0 Å². The monoisotopic (exact) mass is 243 g/mol. The molecule has 4 heteroatoms. The first kappa shape index (κ1) is 11.3. The molecule has 0 bridgehead atoms. The van der Waals surface area contributed by atoms with E-state index in [0.29, 0.717) is 0 Å². The maximum Gasteiger partial charge on any atom is 0.250 e. The first-order valence-electron chi connectivity index (χ1n) is 6.38. The minimum absolute atomic E-state index is 0.00441. The molecule has 0 saturated heterocycles. The molecular formula is C14H17N3O. The molecule has 1 aliphatic rings. The summed E-state index contributed by atoms with van der Waals surface area (Å²) in [6.45, 7) is 2.27. The summed E-state index contributed by atoms with van der Waals surface area (Å²) in [4.78, 5) is 19.6. The van der Waals surface area contributed by atoms with E-state index in [1.165, 1.54) is 17.8 Å². The van der Waals surface area contributed by atoms with Gasteiger partial charge in [0, 0.05) is 30.6 Å². The molecule has 3 rings (SSSR count). The summed E-state index contributed by atoms with van der Waals surface area (Å²) in [5.41, 5.74) is 3.28. The number of aromatic amines is 1. The van der Waals surface area contributed by atoms with Gasteiger partial charge in [0.25, 0.3) is 5.56 Å². The van der Waals surface area contributed by atoms with Crippen molar-refractivity contribution >= 4 is 0 Å². The highest BCUT2D eigenvalue weighted by Crippen LogP contribution is 2.26. The smallest absolute Gasteiger partial charge is 0.250 e. The zero-order valence-electron chi connectivity index (χ0n) is 10.7. The Balaban J connectivity index is 2.02. The lowest BCUT2D eigenvalue weighted by molar-refractivity contribution is 0.492. The van der Waals surface area contributed by atoms with Gasteiger partial charge in [0.1, 0.15) is 5.82 Å². The van der Waals surface area contributed by atoms with Gasteiger partial charge in [-0.15, -0.1) is 0 Å². The third-order valence-corrected chi connectivity index (χ3v) is 3.67. The molecule has 0 saturated carbocycles. The van der Waals surface area contributed by atoms with Gasteiger partial charge < -0.3 is 9.55 Å². The molecule has 0 aliphatic heterocycles. The summed E-state index contributed by atoms with van der Waals surface area (Å²) in [5.74, 6) is 1.54. The average Bonchev–Trinajstić information content (AvgIpc) is 2.75. The molecule has 0 fully saturated rings. The molecule has 1 atom stereocenters. The van der Waals surface area contributed by atoms with E-state index in [9.17, 15) is 4.79 Å². The van der Waals surface area contributed by atoms with Crippen LogP contribution in [0, 0.1) is 5.92 Å². The van der Waals surface area contributed by atoms with Crippen LogP contribution in [-0.4, -0.2) is 14.5 Å². The summed E-state index contributed by atoms with van der Waals surface area (Å²) in [5, 5.41) is 0. The van der Waals surface area contributed by atoms with Crippen molar-refractivity contribution < 1.29 is 0 Å². The van der Waals surface area contributed by atoms with E-state index in [2.05, 4.69) is 16.9 Å². The maximum atomic E-state index is 11.6. The van der Waals surface area contributed by atoms with Crippen LogP contribution in [-0.2, 0) is 19.9 Å². The zero-order chi connectivity index (χ0) is 12.7. The first-order valence-corrected chi connectivity index (χ1v) is 6.38. The van der Waals surface area contributed by atoms with Crippen LogP contribution >= 0.6 is 0 Å². The van der Waals surface area contributed by atoms with Gasteiger partial charge in [-0.1, -0.05) is 6.92 Å². The SMILES string of the molecule is CC1CCc2nc(-c3ccn(C)c(=O)c3)[nH]c2C1. The molecule has 0 amide bonds. The van der Waals surface area contributed by atoms with E-state index < -0.39 is 0 Å². The largest absolute Gasteiger partial charge is 0.342 e. The van der Waals surface area contributed by atoms with Crippen molar-refractivity contribution in [2.75, 3.05) is 0 Å². The van der Waals surface area contributed by atoms with Gasteiger partial charge in [-0.25, -0.2) is 4.98 Å². The Bertz CT molecular complexity index is 639. The van der Waals surface area contributed by atoms with Crippen molar-refractivity contribution in [2.24, 2.45) is 13.0 Å². The molecule has 0 aromatic carbocycles. The van der Waals surface area contributed by atoms with Gasteiger partial charge in [-0.2, -0.15) is 0 Å². The van der Waals surface area contributed by atoms with E-state index in [-0.39, 0.29) is 5.56 Å². The number of hydrogen-bond acceptors (Lipinski definition) is 2. The highest BCUT2D eigenvalue weighted by molar-refractivity contribution is 5.55. The molecule has 4 nitrogen and oxygen atoms in total. The quantitative estimate of drug-likeness (QED) is 0.831. The van der Waals surface area contributed by atoms with Crippen LogP contribution < -0.4 is 5.56 Å². The van der Waals surface area contributed by atoms with Crippen molar-refractivity contribution in [2.45, 2.75) is 26.2 Å². The Hall–Kier alpha value is -1.84. The van der Waals surface area contributed by atoms with E-state index in [1.54, 1.807) is 23.9 Å². The molecule has 2 aromatic rings. The number of rotatable bonds is 1. The number of nitrogens with one attached hydrogen (secondary N) is 1. The summed E-state index contributed by atoms with van der Waals surface area (Å²) >= 11 is 0. The predicted octanol–water partition coefficient (Wildman–Crippen LogP) is 1.90. The van der Waals surface area contributed by atoms with Crippen LogP contribution in [0.4, 0.5) is 0 Å². The molecule has 2 heterocycles. The average molecular weight is 243 g/mol. The Morgan fingerprint density at radius 2 is 2.33 bits per heavy atom. The second-order valence-electron chi connectivity index (χ2n) is 5.22. The third-order valence-electron chi connectivity index (χ3n) is 3.67. The highest BCUT2D eigenvalue weighted by atomic mass is 16.1. The number of imidazole rings is 1. The van der Waals surface area contributed by atoms with Crippen LogP contribution in [0.2, 0.25) is 0 Å². The number of fused-ring (bicyclic) bond motifs is 1. The van der Waals surface area contributed by atoms with Crippen molar-refractivity contribution in [3.8, 4) is 11.4 Å². The number of hydrogen-bond donors (Lipinski definition) is 1.